The summed E-state index contributed by atoms with van der Waals surface area (Å²) in [7, 11) is 1.75. The number of rotatable bonds is 2. The number of halogens is 2. The number of carbonyl (C=O) groups excluding carboxylic acids is 2. The Morgan fingerprint density at radius 1 is 1.28 bits per heavy atom. The summed E-state index contributed by atoms with van der Waals surface area (Å²) in [6, 6.07) is 3.66. The maximum absolute atomic E-state index is 13.4. The predicted octanol–water partition coefficient (Wildman–Crippen LogP) is 1.81. The van der Waals surface area contributed by atoms with Gasteiger partial charge in [0.2, 0.25) is 12.0 Å². The molecular formula is C16H12ClFN4O3. The Morgan fingerprint density at radius 2 is 2.04 bits per heavy atom. The van der Waals surface area contributed by atoms with E-state index in [0.717, 1.165) is 11.0 Å². The summed E-state index contributed by atoms with van der Waals surface area (Å²) in [5.41, 5.74) is 1.88. The third-order valence-electron chi connectivity index (χ3n) is 4.26. The van der Waals surface area contributed by atoms with Crippen molar-refractivity contribution in [3.05, 3.63) is 46.5 Å². The maximum Gasteiger partial charge on any atom is 0.278 e. The van der Waals surface area contributed by atoms with Crippen LogP contribution in [0.1, 0.15) is 11.3 Å². The number of amides is 2. The van der Waals surface area contributed by atoms with Gasteiger partial charge in [0.05, 0.1) is 16.4 Å². The molecule has 2 aromatic rings. The van der Waals surface area contributed by atoms with Gasteiger partial charge >= 0.3 is 0 Å². The minimum atomic E-state index is -1.04. The van der Waals surface area contributed by atoms with E-state index in [0.29, 0.717) is 17.0 Å². The fourth-order valence-corrected chi connectivity index (χ4v) is 3.30. The lowest BCUT2D eigenvalue weighted by atomic mass is 9.94. The number of hydrogen-bond donors (Lipinski definition) is 0. The number of carbonyl (C=O) groups is 2. The van der Waals surface area contributed by atoms with Gasteiger partial charge in [-0.25, -0.2) is 9.29 Å². The quantitative estimate of drug-likeness (QED) is 0.763. The second-order valence-electron chi connectivity index (χ2n) is 5.89. The summed E-state index contributed by atoms with van der Waals surface area (Å²) in [4.78, 5) is 31.7. The van der Waals surface area contributed by atoms with Gasteiger partial charge < -0.3 is 4.84 Å². The highest BCUT2D eigenvalue weighted by atomic mass is 35.5. The van der Waals surface area contributed by atoms with Crippen LogP contribution in [0.25, 0.3) is 0 Å². The summed E-state index contributed by atoms with van der Waals surface area (Å²) in [6.45, 7) is 1.78. The second-order valence-corrected chi connectivity index (χ2v) is 6.30. The average molecular weight is 363 g/mol. The van der Waals surface area contributed by atoms with Crippen LogP contribution in [-0.4, -0.2) is 33.4 Å². The van der Waals surface area contributed by atoms with Crippen molar-refractivity contribution < 1.29 is 18.8 Å². The van der Waals surface area contributed by atoms with Crippen molar-refractivity contribution in [2.24, 2.45) is 18.1 Å². The van der Waals surface area contributed by atoms with E-state index >= 15 is 0 Å². The van der Waals surface area contributed by atoms with E-state index in [-0.39, 0.29) is 10.7 Å². The molecule has 0 aliphatic carbocycles. The van der Waals surface area contributed by atoms with Crippen molar-refractivity contribution in [2.75, 3.05) is 4.90 Å². The molecule has 1 aromatic heterocycles. The number of aryl methyl sites for hydroxylation is 2. The van der Waals surface area contributed by atoms with E-state index < -0.39 is 29.7 Å². The Kier molecular flexibility index (Phi) is 3.40. The molecule has 4 rings (SSSR count). The summed E-state index contributed by atoms with van der Waals surface area (Å²) < 4.78 is 15.0. The maximum atomic E-state index is 13.4. The first kappa shape index (κ1) is 15.8. The monoisotopic (exact) mass is 362 g/mol. The van der Waals surface area contributed by atoms with Crippen LogP contribution in [0, 0.1) is 18.7 Å². The second kappa shape index (κ2) is 5.38. The van der Waals surface area contributed by atoms with E-state index in [1.54, 1.807) is 24.9 Å². The van der Waals surface area contributed by atoms with Crippen molar-refractivity contribution in [1.29, 1.82) is 0 Å². The molecule has 9 heteroatoms. The Balaban J connectivity index is 1.73. The van der Waals surface area contributed by atoms with Crippen LogP contribution in [0.2, 0.25) is 5.02 Å². The van der Waals surface area contributed by atoms with Gasteiger partial charge in [-0.05, 0) is 25.1 Å². The highest BCUT2D eigenvalue weighted by Gasteiger charge is 2.56. The highest BCUT2D eigenvalue weighted by molar-refractivity contribution is 6.34. The van der Waals surface area contributed by atoms with Crippen LogP contribution in [0.15, 0.2) is 29.6 Å². The molecule has 1 aromatic carbocycles. The van der Waals surface area contributed by atoms with E-state index in [9.17, 15) is 14.0 Å². The normalized spacial score (nSPS) is 22.2. The first-order chi connectivity index (χ1) is 11.9. The molecule has 25 heavy (non-hydrogen) atoms. The summed E-state index contributed by atoms with van der Waals surface area (Å²) in [5, 5.41) is 7.98. The van der Waals surface area contributed by atoms with Gasteiger partial charge in [-0.2, -0.15) is 5.10 Å². The Morgan fingerprint density at radius 3 is 2.68 bits per heavy atom. The van der Waals surface area contributed by atoms with Crippen molar-refractivity contribution in [2.45, 2.75) is 13.0 Å². The SMILES string of the molecule is Cc1nn(C)cc1C1=NO[C@H]2C(=O)N(c3ccc(F)c(Cl)c3)C(=O)[C@@H]12. The van der Waals surface area contributed by atoms with Crippen LogP contribution >= 0.6 is 11.6 Å². The molecule has 2 amide bonds. The first-order valence-electron chi connectivity index (χ1n) is 7.45. The van der Waals surface area contributed by atoms with Gasteiger partial charge in [0, 0.05) is 18.8 Å². The molecule has 0 unspecified atom stereocenters. The molecule has 2 aliphatic heterocycles. The summed E-state index contributed by atoms with van der Waals surface area (Å²) >= 11 is 5.77. The van der Waals surface area contributed by atoms with Crippen LogP contribution in [-0.2, 0) is 21.5 Å². The molecule has 1 saturated heterocycles. The van der Waals surface area contributed by atoms with Crippen molar-refractivity contribution in [1.82, 2.24) is 9.78 Å². The van der Waals surface area contributed by atoms with Crippen molar-refractivity contribution in [3.8, 4) is 0 Å². The number of aromatic nitrogens is 2. The van der Waals surface area contributed by atoms with Gasteiger partial charge in [-0.15, -0.1) is 0 Å². The number of nitrogens with zero attached hydrogens (tertiary/aromatic N) is 4. The Labute approximate surface area is 146 Å². The molecule has 1 fully saturated rings. The lowest BCUT2D eigenvalue weighted by Gasteiger charge is -2.15. The fraction of sp³-hybridized carbons (Fsp3) is 0.250. The van der Waals surface area contributed by atoms with Gasteiger partial charge in [0.15, 0.2) is 0 Å². The zero-order valence-corrected chi connectivity index (χ0v) is 14.0. The van der Waals surface area contributed by atoms with Gasteiger partial charge in [-0.1, -0.05) is 16.8 Å². The molecule has 7 nitrogen and oxygen atoms in total. The third-order valence-corrected chi connectivity index (χ3v) is 4.55. The van der Waals surface area contributed by atoms with E-state index in [1.807, 2.05) is 0 Å². The van der Waals surface area contributed by atoms with E-state index in [1.165, 1.54) is 12.1 Å². The topological polar surface area (TPSA) is 76.8 Å². The third kappa shape index (κ3) is 2.25. The van der Waals surface area contributed by atoms with E-state index in [2.05, 4.69) is 10.3 Å². The Hall–Kier alpha value is -2.74. The van der Waals surface area contributed by atoms with Crippen LogP contribution in [0.5, 0.6) is 0 Å². The molecule has 128 valence electrons. The molecule has 0 bridgehead atoms. The Bertz CT molecular complexity index is 955. The fourth-order valence-electron chi connectivity index (χ4n) is 3.13. The predicted molar refractivity (Wildman–Crippen MR) is 86.7 cm³/mol. The lowest BCUT2D eigenvalue weighted by Crippen LogP contribution is -2.33. The van der Waals surface area contributed by atoms with Crippen LogP contribution in [0.3, 0.4) is 0 Å². The molecule has 0 N–H and O–H groups in total. The zero-order valence-electron chi connectivity index (χ0n) is 13.2. The van der Waals surface area contributed by atoms with Gasteiger partial charge in [0.25, 0.3) is 5.91 Å². The molecule has 2 atom stereocenters. The first-order valence-corrected chi connectivity index (χ1v) is 7.83. The number of oxime groups is 1. The number of fused-ring (bicyclic) bond motifs is 1. The highest BCUT2D eigenvalue weighted by Crippen LogP contribution is 2.36. The standard InChI is InChI=1S/C16H12ClFN4O3/c1-7-9(6-21(2)19-7)13-12-14(25-20-13)16(24)22(15(12)23)8-3-4-11(18)10(17)5-8/h3-6,12,14H,1-2H3/t12-,14+/m0/s1. The van der Waals surface area contributed by atoms with E-state index in [4.69, 9.17) is 16.4 Å². The largest absolute Gasteiger partial charge is 0.381 e. The molecule has 3 heterocycles. The molecule has 0 radical (unpaired) electrons. The zero-order chi connectivity index (χ0) is 17.9. The summed E-state index contributed by atoms with van der Waals surface area (Å²) in [5.74, 6) is -2.54. The molecule has 0 saturated carbocycles. The smallest absolute Gasteiger partial charge is 0.278 e. The summed E-state index contributed by atoms with van der Waals surface area (Å²) in [6.07, 6.45) is 0.681. The minimum Gasteiger partial charge on any atom is -0.381 e. The molecule has 2 aliphatic rings. The van der Waals surface area contributed by atoms with Crippen LogP contribution < -0.4 is 4.90 Å². The molecular weight excluding hydrogens is 351 g/mol. The molecule has 0 spiro atoms. The number of anilines is 1. The number of hydrogen-bond acceptors (Lipinski definition) is 5. The number of benzene rings is 1. The van der Waals surface area contributed by atoms with Crippen molar-refractivity contribution in [3.63, 3.8) is 0 Å². The van der Waals surface area contributed by atoms with Gasteiger partial charge in [-0.3, -0.25) is 14.3 Å². The number of imide groups is 1. The minimum absolute atomic E-state index is 0.173. The van der Waals surface area contributed by atoms with Crippen molar-refractivity contribution >= 4 is 34.8 Å². The lowest BCUT2D eigenvalue weighted by molar-refractivity contribution is -0.126. The average Bonchev–Trinajstić information content (AvgIpc) is 3.19. The van der Waals surface area contributed by atoms with Gasteiger partial charge in [0.1, 0.15) is 17.4 Å². The van der Waals surface area contributed by atoms with Crippen LogP contribution in [0.4, 0.5) is 10.1 Å².